The van der Waals surface area contributed by atoms with Crippen molar-refractivity contribution >= 4 is 5.57 Å². The lowest BCUT2D eigenvalue weighted by Crippen LogP contribution is -2.22. The molecule has 2 aliphatic carbocycles. The number of halogens is 3. The fourth-order valence-electron chi connectivity index (χ4n) is 6.68. The molecule has 0 bridgehead atoms. The average molecular weight is 529 g/mol. The molecule has 3 aromatic rings. The molecule has 0 saturated heterocycles. The van der Waals surface area contributed by atoms with Gasteiger partial charge in [-0.25, -0.2) is 13.2 Å². The molecule has 1 fully saturated rings. The first kappa shape index (κ1) is 27.5. The summed E-state index contributed by atoms with van der Waals surface area (Å²) in [5.74, 6) is 0.504. The fourth-order valence-corrected chi connectivity index (χ4v) is 6.68. The first-order valence-corrected chi connectivity index (χ1v) is 14.7. The Hall–Kier alpha value is -3.07. The van der Waals surface area contributed by atoms with E-state index in [9.17, 15) is 8.78 Å². The van der Waals surface area contributed by atoms with Crippen LogP contribution in [0.2, 0.25) is 0 Å². The first-order chi connectivity index (χ1) is 19.0. The summed E-state index contributed by atoms with van der Waals surface area (Å²) in [6, 6.07) is 16.0. The van der Waals surface area contributed by atoms with Crippen LogP contribution in [0.25, 0.3) is 27.8 Å². The lowest BCUT2D eigenvalue weighted by molar-refractivity contribution is 0.212. The number of aryl methyl sites for hydroxylation is 1. The Morgan fingerprint density at radius 3 is 2.08 bits per heavy atom. The van der Waals surface area contributed by atoms with Gasteiger partial charge in [0, 0.05) is 11.1 Å². The van der Waals surface area contributed by atoms with E-state index in [0.717, 1.165) is 60.1 Å². The summed E-state index contributed by atoms with van der Waals surface area (Å²) >= 11 is 0. The Morgan fingerprint density at radius 2 is 1.44 bits per heavy atom. The van der Waals surface area contributed by atoms with Gasteiger partial charge in [-0.2, -0.15) is 0 Å². The Morgan fingerprint density at radius 1 is 0.744 bits per heavy atom. The standard InChI is InChI=1S/C36H39F3/c1-3-5-24-7-9-25(10-8-24)26-11-15-28(16-12-26)32-21-20-31(23-34(32)37)27-13-17-29(18-14-27)33-22-19-30(6-4-2)35(38)36(33)39/h3,5,13-15,17-26H,4,6-12,16H2,1-2H3. The molecule has 0 N–H and O–H groups in total. The zero-order chi connectivity index (χ0) is 27.4. The molecular formula is C36H39F3. The maximum Gasteiger partial charge on any atom is 0.166 e. The normalized spacial score (nSPS) is 21.8. The molecule has 204 valence electrons. The predicted octanol–water partition coefficient (Wildman–Crippen LogP) is 11.0. The van der Waals surface area contributed by atoms with Crippen molar-refractivity contribution in [1.82, 2.24) is 0 Å². The zero-order valence-corrected chi connectivity index (χ0v) is 23.2. The smallest absolute Gasteiger partial charge is 0.166 e. The van der Waals surface area contributed by atoms with Crippen LogP contribution in [0.3, 0.4) is 0 Å². The Kier molecular flexibility index (Phi) is 8.75. The summed E-state index contributed by atoms with van der Waals surface area (Å²) < 4.78 is 44.4. The van der Waals surface area contributed by atoms with Gasteiger partial charge in [-0.1, -0.05) is 80.1 Å². The van der Waals surface area contributed by atoms with Crippen molar-refractivity contribution in [3.63, 3.8) is 0 Å². The molecule has 0 aromatic heterocycles. The minimum absolute atomic E-state index is 0.201. The van der Waals surface area contributed by atoms with Crippen LogP contribution in [0.4, 0.5) is 13.2 Å². The van der Waals surface area contributed by atoms with E-state index in [-0.39, 0.29) is 11.4 Å². The Labute approximate surface area is 231 Å². The molecule has 0 spiro atoms. The van der Waals surface area contributed by atoms with Gasteiger partial charge >= 0.3 is 0 Å². The highest BCUT2D eigenvalue weighted by Gasteiger charge is 2.28. The molecule has 0 amide bonds. The largest absolute Gasteiger partial charge is 0.206 e. The van der Waals surface area contributed by atoms with Gasteiger partial charge in [0.05, 0.1) is 0 Å². The van der Waals surface area contributed by atoms with E-state index in [1.54, 1.807) is 30.3 Å². The van der Waals surface area contributed by atoms with Gasteiger partial charge in [0.2, 0.25) is 0 Å². The van der Waals surface area contributed by atoms with Crippen molar-refractivity contribution in [2.75, 3.05) is 0 Å². The molecule has 0 heterocycles. The number of rotatable bonds is 7. The van der Waals surface area contributed by atoms with Gasteiger partial charge in [0.1, 0.15) is 5.82 Å². The lowest BCUT2D eigenvalue weighted by Gasteiger charge is -2.35. The van der Waals surface area contributed by atoms with Crippen LogP contribution in [0.5, 0.6) is 0 Å². The van der Waals surface area contributed by atoms with Gasteiger partial charge in [-0.3, -0.25) is 0 Å². The highest BCUT2D eigenvalue weighted by atomic mass is 19.2. The maximum absolute atomic E-state index is 15.3. The fraction of sp³-hybridized carbons (Fsp3) is 0.389. The van der Waals surface area contributed by atoms with E-state index < -0.39 is 11.6 Å². The predicted molar refractivity (Wildman–Crippen MR) is 157 cm³/mol. The molecule has 1 atom stereocenters. The van der Waals surface area contributed by atoms with E-state index in [1.165, 1.54) is 25.7 Å². The van der Waals surface area contributed by atoms with Crippen molar-refractivity contribution < 1.29 is 13.2 Å². The van der Waals surface area contributed by atoms with E-state index in [4.69, 9.17) is 0 Å². The van der Waals surface area contributed by atoms with E-state index >= 15 is 4.39 Å². The second-order valence-electron chi connectivity index (χ2n) is 11.4. The number of benzene rings is 3. The van der Waals surface area contributed by atoms with Gasteiger partial charge in [-0.15, -0.1) is 0 Å². The quantitative estimate of drug-likeness (QED) is 0.268. The summed E-state index contributed by atoms with van der Waals surface area (Å²) in [5.41, 5.74) is 4.70. The summed E-state index contributed by atoms with van der Waals surface area (Å²) in [6.07, 6.45) is 16.5. The zero-order valence-electron chi connectivity index (χ0n) is 23.2. The Bertz CT molecular complexity index is 1340. The van der Waals surface area contributed by atoms with Crippen LogP contribution in [0, 0.1) is 35.2 Å². The van der Waals surface area contributed by atoms with Crippen molar-refractivity contribution in [3.05, 3.63) is 101 Å². The second kappa shape index (κ2) is 12.4. The average Bonchev–Trinajstić information content (AvgIpc) is 2.97. The molecule has 0 radical (unpaired) electrons. The van der Waals surface area contributed by atoms with Gasteiger partial charge < -0.3 is 0 Å². The molecule has 0 nitrogen and oxygen atoms in total. The first-order valence-electron chi connectivity index (χ1n) is 14.7. The van der Waals surface area contributed by atoms with E-state index in [1.807, 2.05) is 31.2 Å². The molecule has 5 rings (SSSR count). The summed E-state index contributed by atoms with van der Waals surface area (Å²) in [4.78, 5) is 0. The van der Waals surface area contributed by atoms with Gasteiger partial charge in [-0.05, 0) is 110 Å². The van der Waals surface area contributed by atoms with Crippen LogP contribution in [-0.4, -0.2) is 0 Å². The third-order valence-electron chi connectivity index (χ3n) is 8.93. The summed E-state index contributed by atoms with van der Waals surface area (Å²) in [6.45, 7) is 4.06. The van der Waals surface area contributed by atoms with E-state index in [0.29, 0.717) is 23.1 Å². The number of hydrogen-bond acceptors (Lipinski definition) is 0. The third kappa shape index (κ3) is 6.08. The minimum Gasteiger partial charge on any atom is -0.206 e. The number of allylic oxidation sites excluding steroid dienone is 4. The van der Waals surface area contributed by atoms with Crippen LogP contribution in [-0.2, 0) is 6.42 Å². The topological polar surface area (TPSA) is 0 Å². The molecule has 3 heteroatoms. The molecule has 2 aliphatic rings. The SMILES string of the molecule is CC=CC1CCC(C2CC=C(c3ccc(-c4ccc(-c5ccc(CCC)c(F)c5F)cc4)cc3F)CC2)CC1. The van der Waals surface area contributed by atoms with Crippen molar-refractivity contribution in [2.45, 2.75) is 71.6 Å². The molecule has 1 saturated carbocycles. The molecule has 3 aromatic carbocycles. The van der Waals surface area contributed by atoms with E-state index in [2.05, 4.69) is 25.2 Å². The number of hydrogen-bond donors (Lipinski definition) is 0. The van der Waals surface area contributed by atoms with Crippen molar-refractivity contribution in [2.24, 2.45) is 17.8 Å². The second-order valence-corrected chi connectivity index (χ2v) is 11.4. The maximum atomic E-state index is 15.3. The summed E-state index contributed by atoms with van der Waals surface area (Å²) in [7, 11) is 0. The van der Waals surface area contributed by atoms with Crippen molar-refractivity contribution in [3.8, 4) is 22.3 Å². The van der Waals surface area contributed by atoms with Gasteiger partial charge in [0.25, 0.3) is 0 Å². The van der Waals surface area contributed by atoms with Crippen LogP contribution in [0.15, 0.2) is 72.8 Å². The highest BCUT2D eigenvalue weighted by Crippen LogP contribution is 2.42. The minimum atomic E-state index is -0.812. The lowest BCUT2D eigenvalue weighted by atomic mass is 9.71. The summed E-state index contributed by atoms with van der Waals surface area (Å²) in [5, 5.41) is 0. The van der Waals surface area contributed by atoms with Crippen LogP contribution < -0.4 is 0 Å². The highest BCUT2D eigenvalue weighted by molar-refractivity contribution is 5.74. The monoisotopic (exact) mass is 528 g/mol. The van der Waals surface area contributed by atoms with Crippen molar-refractivity contribution in [1.29, 1.82) is 0 Å². The molecule has 1 unspecified atom stereocenters. The molecular weight excluding hydrogens is 489 g/mol. The third-order valence-corrected chi connectivity index (χ3v) is 8.93. The molecule has 39 heavy (non-hydrogen) atoms. The van der Waals surface area contributed by atoms with Crippen LogP contribution >= 0.6 is 0 Å². The Balaban J connectivity index is 1.26. The molecule has 0 aliphatic heterocycles. The van der Waals surface area contributed by atoms with Gasteiger partial charge in [0.15, 0.2) is 11.6 Å². The van der Waals surface area contributed by atoms with Crippen LogP contribution in [0.1, 0.15) is 76.3 Å².